The second-order valence-electron chi connectivity index (χ2n) is 5.51. The SMILES string of the molecule is C=C(C(=O)OCC)c1ccc(OCc2ccc3ccccc3n2)cc1. The molecule has 3 aromatic rings. The molecule has 0 aliphatic rings. The average molecular weight is 333 g/mol. The van der Waals surface area contributed by atoms with Crippen LogP contribution in [0.4, 0.5) is 0 Å². The summed E-state index contributed by atoms with van der Waals surface area (Å²) in [5, 5.41) is 1.10. The molecule has 25 heavy (non-hydrogen) atoms. The normalized spacial score (nSPS) is 10.4. The molecule has 0 atom stereocenters. The van der Waals surface area contributed by atoms with Gasteiger partial charge in [-0.25, -0.2) is 9.78 Å². The summed E-state index contributed by atoms with van der Waals surface area (Å²) >= 11 is 0. The van der Waals surface area contributed by atoms with Gasteiger partial charge in [-0.1, -0.05) is 43.0 Å². The summed E-state index contributed by atoms with van der Waals surface area (Å²) in [7, 11) is 0. The smallest absolute Gasteiger partial charge is 0.338 e. The molecular weight excluding hydrogens is 314 g/mol. The molecule has 0 fully saturated rings. The van der Waals surface area contributed by atoms with Crippen molar-refractivity contribution in [2.45, 2.75) is 13.5 Å². The topological polar surface area (TPSA) is 48.4 Å². The van der Waals surface area contributed by atoms with E-state index in [4.69, 9.17) is 9.47 Å². The molecular formula is C21H19NO3. The van der Waals surface area contributed by atoms with Gasteiger partial charge < -0.3 is 9.47 Å². The molecule has 0 saturated heterocycles. The third-order valence-electron chi connectivity index (χ3n) is 3.77. The fraction of sp³-hybridized carbons (Fsp3) is 0.143. The third-order valence-corrected chi connectivity index (χ3v) is 3.77. The number of benzene rings is 2. The van der Waals surface area contributed by atoms with Crippen molar-refractivity contribution in [1.82, 2.24) is 4.98 Å². The van der Waals surface area contributed by atoms with Crippen molar-refractivity contribution >= 4 is 22.4 Å². The molecule has 0 aliphatic heterocycles. The number of rotatable bonds is 6. The van der Waals surface area contributed by atoms with Gasteiger partial charge >= 0.3 is 5.97 Å². The quantitative estimate of drug-likeness (QED) is 0.496. The Bertz CT molecular complexity index is 900. The van der Waals surface area contributed by atoms with Crippen LogP contribution in [0.1, 0.15) is 18.2 Å². The molecule has 0 saturated carbocycles. The number of aromatic nitrogens is 1. The molecule has 1 heterocycles. The summed E-state index contributed by atoms with van der Waals surface area (Å²) in [4.78, 5) is 16.3. The molecule has 0 amide bonds. The number of esters is 1. The van der Waals surface area contributed by atoms with Crippen LogP contribution in [-0.2, 0) is 16.1 Å². The predicted molar refractivity (Wildman–Crippen MR) is 98.2 cm³/mol. The second-order valence-corrected chi connectivity index (χ2v) is 5.51. The zero-order valence-corrected chi connectivity index (χ0v) is 14.1. The highest BCUT2D eigenvalue weighted by atomic mass is 16.5. The van der Waals surface area contributed by atoms with Crippen molar-refractivity contribution in [1.29, 1.82) is 0 Å². The Kier molecular flexibility index (Phi) is 5.09. The van der Waals surface area contributed by atoms with E-state index in [9.17, 15) is 4.79 Å². The van der Waals surface area contributed by atoms with Crippen molar-refractivity contribution in [3.05, 3.63) is 78.5 Å². The number of hydrogen-bond acceptors (Lipinski definition) is 4. The highest BCUT2D eigenvalue weighted by molar-refractivity contribution is 6.15. The summed E-state index contributed by atoms with van der Waals surface area (Å²) < 4.78 is 10.7. The van der Waals surface area contributed by atoms with Crippen molar-refractivity contribution in [3.8, 4) is 5.75 Å². The van der Waals surface area contributed by atoms with Gasteiger partial charge in [-0.05, 0) is 36.8 Å². The zero-order chi connectivity index (χ0) is 17.6. The first-order valence-corrected chi connectivity index (χ1v) is 8.11. The summed E-state index contributed by atoms with van der Waals surface area (Å²) in [6.07, 6.45) is 0. The predicted octanol–water partition coefficient (Wildman–Crippen LogP) is 4.39. The molecule has 0 radical (unpaired) electrons. The Balaban J connectivity index is 1.65. The first kappa shape index (κ1) is 16.7. The minimum atomic E-state index is -0.406. The van der Waals surface area contributed by atoms with Crippen molar-refractivity contribution in [3.63, 3.8) is 0 Å². The summed E-state index contributed by atoms with van der Waals surface area (Å²) in [6, 6.07) is 19.2. The molecule has 126 valence electrons. The van der Waals surface area contributed by atoms with E-state index in [2.05, 4.69) is 11.6 Å². The van der Waals surface area contributed by atoms with Crippen LogP contribution in [-0.4, -0.2) is 17.6 Å². The number of carbonyl (C=O) groups excluding carboxylic acids is 1. The maximum atomic E-state index is 11.7. The van der Waals surface area contributed by atoms with Gasteiger partial charge in [0.25, 0.3) is 0 Å². The highest BCUT2D eigenvalue weighted by Crippen LogP contribution is 2.20. The van der Waals surface area contributed by atoms with Crippen LogP contribution in [0.5, 0.6) is 5.75 Å². The minimum absolute atomic E-state index is 0.331. The monoisotopic (exact) mass is 333 g/mol. The first-order chi connectivity index (χ1) is 12.2. The summed E-state index contributed by atoms with van der Waals surface area (Å²) in [5.41, 5.74) is 2.86. The van der Waals surface area contributed by atoms with Crippen LogP contribution in [0.3, 0.4) is 0 Å². The van der Waals surface area contributed by atoms with Crippen molar-refractivity contribution < 1.29 is 14.3 Å². The molecule has 2 aromatic carbocycles. The van der Waals surface area contributed by atoms with Crippen LogP contribution in [0.15, 0.2) is 67.2 Å². The van der Waals surface area contributed by atoms with Gasteiger partial charge in [0, 0.05) is 5.39 Å². The molecule has 0 bridgehead atoms. The Morgan fingerprint density at radius 2 is 1.80 bits per heavy atom. The van der Waals surface area contributed by atoms with E-state index in [1.54, 1.807) is 31.2 Å². The van der Waals surface area contributed by atoms with Gasteiger partial charge in [-0.15, -0.1) is 0 Å². The largest absolute Gasteiger partial charge is 0.487 e. The zero-order valence-electron chi connectivity index (χ0n) is 14.1. The lowest BCUT2D eigenvalue weighted by Gasteiger charge is -2.09. The van der Waals surface area contributed by atoms with Crippen LogP contribution >= 0.6 is 0 Å². The van der Waals surface area contributed by atoms with E-state index in [0.717, 1.165) is 22.2 Å². The first-order valence-electron chi connectivity index (χ1n) is 8.11. The highest BCUT2D eigenvalue weighted by Gasteiger charge is 2.10. The molecule has 4 heteroatoms. The van der Waals surface area contributed by atoms with Crippen LogP contribution in [0.2, 0.25) is 0 Å². The van der Waals surface area contributed by atoms with E-state index >= 15 is 0 Å². The third kappa shape index (κ3) is 4.04. The van der Waals surface area contributed by atoms with Crippen molar-refractivity contribution in [2.24, 2.45) is 0 Å². The van der Waals surface area contributed by atoms with Gasteiger partial charge in [0.05, 0.1) is 23.4 Å². The van der Waals surface area contributed by atoms with Crippen LogP contribution in [0, 0.1) is 0 Å². The van der Waals surface area contributed by atoms with Crippen LogP contribution < -0.4 is 4.74 Å². The second kappa shape index (κ2) is 7.62. The molecule has 0 aliphatic carbocycles. The standard InChI is InChI=1S/C21H19NO3/c1-3-24-21(23)15(2)16-9-12-19(13-10-16)25-14-18-11-8-17-6-4-5-7-20(17)22-18/h4-13H,2-3,14H2,1H3. The lowest BCUT2D eigenvalue weighted by Crippen LogP contribution is -2.05. The number of nitrogens with zero attached hydrogens (tertiary/aromatic N) is 1. The van der Waals surface area contributed by atoms with Gasteiger partial charge in [0.1, 0.15) is 12.4 Å². The van der Waals surface area contributed by atoms with E-state index in [1.807, 2.05) is 36.4 Å². The maximum absolute atomic E-state index is 11.7. The molecule has 3 rings (SSSR count). The van der Waals surface area contributed by atoms with Gasteiger partial charge in [-0.3, -0.25) is 0 Å². The molecule has 4 nitrogen and oxygen atoms in total. The Morgan fingerprint density at radius 3 is 2.56 bits per heavy atom. The Hall–Kier alpha value is -3.14. The van der Waals surface area contributed by atoms with Gasteiger partial charge in [0.2, 0.25) is 0 Å². The number of ether oxygens (including phenoxy) is 2. The van der Waals surface area contributed by atoms with E-state index < -0.39 is 5.97 Å². The maximum Gasteiger partial charge on any atom is 0.338 e. The average Bonchev–Trinajstić information content (AvgIpc) is 2.66. The van der Waals surface area contributed by atoms with Crippen LogP contribution in [0.25, 0.3) is 16.5 Å². The number of carbonyl (C=O) groups is 1. The fourth-order valence-corrected chi connectivity index (χ4v) is 2.43. The number of para-hydroxylation sites is 1. The van der Waals surface area contributed by atoms with E-state index in [-0.39, 0.29) is 0 Å². The number of pyridine rings is 1. The summed E-state index contributed by atoms with van der Waals surface area (Å²) in [5.74, 6) is 0.298. The Labute approximate surface area is 146 Å². The van der Waals surface area contributed by atoms with E-state index in [1.165, 1.54) is 0 Å². The Morgan fingerprint density at radius 1 is 1.04 bits per heavy atom. The lowest BCUT2D eigenvalue weighted by molar-refractivity contribution is -0.136. The number of hydrogen-bond donors (Lipinski definition) is 0. The molecule has 0 unspecified atom stereocenters. The molecule has 0 spiro atoms. The molecule has 0 N–H and O–H groups in total. The minimum Gasteiger partial charge on any atom is -0.487 e. The molecule has 1 aromatic heterocycles. The lowest BCUT2D eigenvalue weighted by atomic mass is 10.1. The van der Waals surface area contributed by atoms with Gasteiger partial charge in [0.15, 0.2) is 0 Å². The fourth-order valence-electron chi connectivity index (χ4n) is 2.43. The summed E-state index contributed by atoms with van der Waals surface area (Å²) in [6.45, 7) is 6.25. The van der Waals surface area contributed by atoms with E-state index in [0.29, 0.717) is 24.5 Å². The van der Waals surface area contributed by atoms with Gasteiger partial charge in [-0.2, -0.15) is 0 Å². The number of fused-ring (bicyclic) bond motifs is 1. The van der Waals surface area contributed by atoms with Crippen molar-refractivity contribution in [2.75, 3.05) is 6.61 Å².